The molecule has 3 rings (SSSR count). The number of nitrogens with zero attached hydrogens (tertiary/aromatic N) is 1. The Balaban J connectivity index is 1.82. The van der Waals surface area contributed by atoms with Gasteiger partial charge in [-0.15, -0.1) is 0 Å². The van der Waals surface area contributed by atoms with E-state index in [1.165, 1.54) is 4.57 Å². The Bertz CT molecular complexity index is 1110. The predicted molar refractivity (Wildman–Crippen MR) is 127 cm³/mol. The van der Waals surface area contributed by atoms with Crippen molar-refractivity contribution in [3.8, 4) is 11.3 Å². The molecule has 0 aliphatic carbocycles. The van der Waals surface area contributed by atoms with Crippen molar-refractivity contribution in [2.75, 3.05) is 11.9 Å². The van der Waals surface area contributed by atoms with Crippen molar-refractivity contribution in [3.63, 3.8) is 0 Å². The molecule has 0 saturated heterocycles. The Morgan fingerprint density at radius 2 is 1.59 bits per heavy atom. The van der Waals surface area contributed by atoms with Crippen LogP contribution in [0.15, 0.2) is 77.6 Å². The highest BCUT2D eigenvalue weighted by Gasteiger charge is 2.17. The number of nitrogens with one attached hydrogen (secondary N) is 2. The summed E-state index contributed by atoms with van der Waals surface area (Å²) in [6.45, 7) is 4.07. The van der Waals surface area contributed by atoms with Gasteiger partial charge >= 0.3 is 0 Å². The predicted octanol–water partition coefficient (Wildman–Crippen LogP) is 3.86. The molecule has 1 atom stereocenters. The van der Waals surface area contributed by atoms with Crippen LogP contribution in [0.4, 0.5) is 5.69 Å². The molecule has 0 spiro atoms. The molecule has 2 aromatic carbocycles. The maximum Gasteiger partial charge on any atom is 0.275 e. The summed E-state index contributed by atoms with van der Waals surface area (Å²) >= 11 is 0. The van der Waals surface area contributed by atoms with Gasteiger partial charge in [0.05, 0.1) is 5.69 Å². The van der Waals surface area contributed by atoms with Crippen LogP contribution >= 0.6 is 0 Å². The number of anilines is 1. The zero-order valence-corrected chi connectivity index (χ0v) is 18.5. The van der Waals surface area contributed by atoms with Crippen molar-refractivity contribution in [2.45, 2.75) is 33.2 Å². The minimum Gasteiger partial charge on any atom is -0.354 e. The lowest BCUT2D eigenvalue weighted by Crippen LogP contribution is -2.35. The topological polar surface area (TPSA) is 80.2 Å². The molecule has 0 unspecified atom stereocenters. The highest BCUT2D eigenvalue weighted by molar-refractivity contribution is 5.92. The van der Waals surface area contributed by atoms with E-state index in [-0.39, 0.29) is 30.0 Å². The Kier molecular flexibility index (Phi) is 7.97. The minimum atomic E-state index is -0.402. The van der Waals surface area contributed by atoms with Gasteiger partial charge in [0.2, 0.25) is 11.8 Å². The third-order valence-corrected chi connectivity index (χ3v) is 5.44. The van der Waals surface area contributed by atoms with E-state index in [0.717, 1.165) is 11.1 Å². The molecule has 0 fully saturated rings. The molecule has 0 saturated carbocycles. The molecule has 1 heterocycles. The number of hydrogen-bond acceptors (Lipinski definition) is 3. The Morgan fingerprint density at radius 1 is 0.938 bits per heavy atom. The average Bonchev–Trinajstić information content (AvgIpc) is 2.82. The van der Waals surface area contributed by atoms with E-state index in [1.54, 1.807) is 12.1 Å². The highest BCUT2D eigenvalue weighted by atomic mass is 16.2. The van der Waals surface area contributed by atoms with E-state index in [2.05, 4.69) is 10.6 Å². The van der Waals surface area contributed by atoms with E-state index in [1.807, 2.05) is 74.5 Å². The molecule has 6 heteroatoms. The Hall–Kier alpha value is -3.67. The lowest BCUT2D eigenvalue weighted by Gasteiger charge is -2.16. The van der Waals surface area contributed by atoms with E-state index in [4.69, 9.17) is 0 Å². The summed E-state index contributed by atoms with van der Waals surface area (Å²) in [5.41, 5.74) is 2.34. The summed E-state index contributed by atoms with van der Waals surface area (Å²) < 4.78 is 1.42. The van der Waals surface area contributed by atoms with E-state index < -0.39 is 5.56 Å². The first kappa shape index (κ1) is 23.0. The van der Waals surface area contributed by atoms with Crippen LogP contribution in [-0.4, -0.2) is 22.9 Å². The summed E-state index contributed by atoms with van der Waals surface area (Å²) in [5.74, 6) is -0.681. The third kappa shape index (κ3) is 5.94. The summed E-state index contributed by atoms with van der Waals surface area (Å²) in [5, 5.41) is 5.60. The van der Waals surface area contributed by atoms with Crippen LogP contribution in [-0.2, 0) is 22.6 Å². The van der Waals surface area contributed by atoms with E-state index in [0.29, 0.717) is 25.1 Å². The lowest BCUT2D eigenvalue weighted by molar-refractivity contribution is -0.121. The number of benzene rings is 2. The van der Waals surface area contributed by atoms with Crippen LogP contribution < -0.4 is 16.2 Å². The zero-order valence-electron chi connectivity index (χ0n) is 18.5. The van der Waals surface area contributed by atoms with Crippen LogP contribution in [0, 0.1) is 5.92 Å². The summed E-state index contributed by atoms with van der Waals surface area (Å²) in [4.78, 5) is 38.2. The summed E-state index contributed by atoms with van der Waals surface area (Å²) in [6.07, 6.45) is 1.38. The molecule has 2 amide bonds. The van der Waals surface area contributed by atoms with Crippen molar-refractivity contribution < 1.29 is 9.59 Å². The fourth-order valence-electron chi connectivity index (χ4n) is 3.32. The second-order valence-corrected chi connectivity index (χ2v) is 7.77. The van der Waals surface area contributed by atoms with Gasteiger partial charge in [-0.2, -0.15) is 0 Å². The molecule has 6 nitrogen and oxygen atoms in total. The maximum atomic E-state index is 13.2. The molecule has 166 valence electrons. The van der Waals surface area contributed by atoms with Crippen molar-refractivity contribution in [3.05, 3.63) is 88.7 Å². The Labute approximate surface area is 188 Å². The first-order chi connectivity index (χ1) is 15.5. The van der Waals surface area contributed by atoms with Gasteiger partial charge in [0, 0.05) is 12.5 Å². The van der Waals surface area contributed by atoms with Crippen LogP contribution in [0.25, 0.3) is 11.3 Å². The largest absolute Gasteiger partial charge is 0.354 e. The number of pyridine rings is 1. The second-order valence-electron chi connectivity index (χ2n) is 7.77. The van der Waals surface area contributed by atoms with Gasteiger partial charge in [0.1, 0.15) is 12.2 Å². The SMILES string of the molecule is CC[C@@H](C)C(=O)Nc1ccc(-c2ccccc2)n(CC(=O)NCCc2ccccc2)c1=O. The molecule has 2 N–H and O–H groups in total. The van der Waals surface area contributed by atoms with Crippen LogP contribution in [0.5, 0.6) is 0 Å². The van der Waals surface area contributed by atoms with Gasteiger partial charge in [0.15, 0.2) is 0 Å². The van der Waals surface area contributed by atoms with Gasteiger partial charge in [-0.05, 0) is 36.1 Å². The normalized spacial score (nSPS) is 11.6. The van der Waals surface area contributed by atoms with Crippen LogP contribution in [0.3, 0.4) is 0 Å². The molecule has 3 aromatic rings. The molecule has 0 aliphatic rings. The van der Waals surface area contributed by atoms with Gasteiger partial charge in [-0.1, -0.05) is 74.5 Å². The zero-order chi connectivity index (χ0) is 22.9. The van der Waals surface area contributed by atoms with Crippen molar-refractivity contribution in [2.24, 2.45) is 5.92 Å². The standard InChI is InChI=1S/C26H29N3O3/c1-3-19(2)25(31)28-22-14-15-23(21-12-8-5-9-13-21)29(26(22)32)18-24(30)27-17-16-20-10-6-4-7-11-20/h4-15,19H,3,16-18H2,1-2H3,(H,27,30)(H,28,31)/t19-/m1/s1. The molecule has 32 heavy (non-hydrogen) atoms. The van der Waals surface area contributed by atoms with Crippen molar-refractivity contribution in [1.29, 1.82) is 0 Å². The number of carbonyl (C=O) groups excluding carboxylic acids is 2. The second kappa shape index (κ2) is 11.1. The molecule has 0 aliphatic heterocycles. The van der Waals surface area contributed by atoms with Gasteiger partial charge in [-0.25, -0.2) is 0 Å². The maximum absolute atomic E-state index is 13.2. The summed E-state index contributed by atoms with van der Waals surface area (Å²) in [7, 11) is 0. The molecule has 1 aromatic heterocycles. The molecule has 0 bridgehead atoms. The number of rotatable bonds is 9. The quantitative estimate of drug-likeness (QED) is 0.540. The number of aromatic nitrogens is 1. The fraction of sp³-hybridized carbons (Fsp3) is 0.269. The molecule has 0 radical (unpaired) electrons. The first-order valence-electron chi connectivity index (χ1n) is 10.9. The lowest BCUT2D eigenvalue weighted by atomic mass is 10.1. The molecular formula is C26H29N3O3. The number of amides is 2. The van der Waals surface area contributed by atoms with E-state index in [9.17, 15) is 14.4 Å². The van der Waals surface area contributed by atoms with E-state index >= 15 is 0 Å². The monoisotopic (exact) mass is 431 g/mol. The fourth-order valence-corrected chi connectivity index (χ4v) is 3.32. The van der Waals surface area contributed by atoms with Gasteiger partial charge in [0.25, 0.3) is 5.56 Å². The first-order valence-corrected chi connectivity index (χ1v) is 10.9. The van der Waals surface area contributed by atoms with Crippen molar-refractivity contribution in [1.82, 2.24) is 9.88 Å². The molecular weight excluding hydrogens is 402 g/mol. The highest BCUT2D eigenvalue weighted by Crippen LogP contribution is 2.19. The van der Waals surface area contributed by atoms with Gasteiger partial charge in [-0.3, -0.25) is 19.0 Å². The number of carbonyl (C=O) groups is 2. The number of hydrogen-bond donors (Lipinski definition) is 2. The average molecular weight is 432 g/mol. The third-order valence-electron chi connectivity index (χ3n) is 5.44. The smallest absolute Gasteiger partial charge is 0.275 e. The van der Waals surface area contributed by atoms with Crippen molar-refractivity contribution >= 4 is 17.5 Å². The minimum absolute atomic E-state index is 0.134. The van der Waals surface area contributed by atoms with Gasteiger partial charge < -0.3 is 10.6 Å². The Morgan fingerprint density at radius 3 is 2.25 bits per heavy atom. The summed E-state index contributed by atoms with van der Waals surface area (Å²) in [6, 6.07) is 22.7. The van der Waals surface area contributed by atoms with Crippen LogP contribution in [0.1, 0.15) is 25.8 Å². The van der Waals surface area contributed by atoms with Crippen LogP contribution in [0.2, 0.25) is 0 Å².